The van der Waals surface area contributed by atoms with Gasteiger partial charge in [0.1, 0.15) is 0 Å². The molecule has 2 aromatic carbocycles. The second kappa shape index (κ2) is 9.42. The van der Waals surface area contributed by atoms with Crippen LogP contribution in [0.4, 0.5) is 11.4 Å². The van der Waals surface area contributed by atoms with Crippen molar-refractivity contribution in [3.8, 4) is 0 Å². The zero-order valence-electron chi connectivity index (χ0n) is 16.4. The third-order valence-corrected chi connectivity index (χ3v) is 5.87. The highest BCUT2D eigenvalue weighted by atomic mass is 35.5. The predicted molar refractivity (Wildman–Crippen MR) is 116 cm³/mol. The van der Waals surface area contributed by atoms with Gasteiger partial charge in [-0.3, -0.25) is 14.5 Å². The highest BCUT2D eigenvalue weighted by Crippen LogP contribution is 2.36. The molecular weight excluding hydrogens is 388 g/mol. The maximum absolute atomic E-state index is 13.3. The van der Waals surface area contributed by atoms with Crippen LogP contribution >= 0.6 is 12.4 Å². The van der Waals surface area contributed by atoms with Crippen molar-refractivity contribution in [2.24, 2.45) is 5.92 Å². The quantitative estimate of drug-likeness (QED) is 0.819. The summed E-state index contributed by atoms with van der Waals surface area (Å²) in [7, 11) is 0. The minimum Gasteiger partial charge on any atom is -0.481 e. The van der Waals surface area contributed by atoms with Gasteiger partial charge in [-0.1, -0.05) is 36.4 Å². The number of piperidine rings is 1. The van der Waals surface area contributed by atoms with E-state index in [4.69, 9.17) is 0 Å². The number of carbonyl (C=O) groups excluding carboxylic acids is 1. The van der Waals surface area contributed by atoms with Gasteiger partial charge in [-0.05, 0) is 55.5 Å². The molecule has 1 atom stereocenters. The minimum atomic E-state index is -0.730. The van der Waals surface area contributed by atoms with Crippen LogP contribution in [0.2, 0.25) is 0 Å². The Morgan fingerprint density at radius 1 is 0.966 bits per heavy atom. The lowest BCUT2D eigenvalue weighted by Gasteiger charge is -2.31. The van der Waals surface area contributed by atoms with E-state index >= 15 is 0 Å². The molecule has 5 nitrogen and oxygen atoms in total. The standard InChI is InChI=1S/C23H26N2O3.ClH/c26-22(13-15-24-14-5-8-19(16-24)23(27)28)25-20-9-3-1-6-17(20)11-12-18-7-2-4-10-21(18)25;/h1-4,6-7,9-10,19H,5,8,11-16H2,(H,27,28);1H/t19-;/m1./s1. The largest absolute Gasteiger partial charge is 0.481 e. The molecule has 154 valence electrons. The Bertz CT molecular complexity index is 838. The molecule has 1 fully saturated rings. The number of likely N-dealkylation sites (tertiary alicyclic amines) is 1. The zero-order valence-corrected chi connectivity index (χ0v) is 17.2. The number of amides is 1. The lowest BCUT2D eigenvalue weighted by molar-refractivity contribution is -0.143. The van der Waals surface area contributed by atoms with Crippen molar-refractivity contribution in [2.45, 2.75) is 32.1 Å². The number of para-hydroxylation sites is 2. The van der Waals surface area contributed by atoms with Crippen molar-refractivity contribution >= 4 is 35.7 Å². The van der Waals surface area contributed by atoms with Crippen molar-refractivity contribution in [1.29, 1.82) is 0 Å². The molecule has 1 N–H and O–H groups in total. The molecule has 6 heteroatoms. The van der Waals surface area contributed by atoms with E-state index in [0.29, 0.717) is 19.5 Å². The summed E-state index contributed by atoms with van der Waals surface area (Å²) in [6, 6.07) is 16.3. The lowest BCUT2D eigenvalue weighted by atomic mass is 9.98. The first-order valence-corrected chi connectivity index (χ1v) is 10.1. The molecule has 0 saturated carbocycles. The molecular formula is C23H27ClN2O3. The molecule has 0 bridgehead atoms. The molecule has 2 heterocycles. The number of aliphatic carboxylic acids is 1. The number of nitrogens with zero attached hydrogens (tertiary/aromatic N) is 2. The van der Waals surface area contributed by atoms with Gasteiger partial charge in [0, 0.05) is 19.5 Å². The second-order valence-electron chi connectivity index (χ2n) is 7.71. The average Bonchev–Trinajstić information content (AvgIpc) is 2.89. The van der Waals surface area contributed by atoms with Gasteiger partial charge < -0.3 is 10.0 Å². The number of aryl methyl sites for hydroxylation is 2. The van der Waals surface area contributed by atoms with E-state index in [-0.39, 0.29) is 24.2 Å². The van der Waals surface area contributed by atoms with Gasteiger partial charge >= 0.3 is 5.97 Å². The molecule has 0 aromatic heterocycles. The first-order valence-electron chi connectivity index (χ1n) is 10.1. The Morgan fingerprint density at radius 3 is 2.14 bits per heavy atom. The Balaban J connectivity index is 0.00000240. The Kier molecular flexibility index (Phi) is 6.93. The highest BCUT2D eigenvalue weighted by Gasteiger charge is 2.28. The topological polar surface area (TPSA) is 60.9 Å². The first kappa shape index (κ1) is 21.3. The van der Waals surface area contributed by atoms with Crippen LogP contribution in [-0.4, -0.2) is 41.5 Å². The number of carboxylic acids is 1. The molecule has 0 aliphatic carbocycles. The van der Waals surface area contributed by atoms with Crippen molar-refractivity contribution in [2.75, 3.05) is 24.5 Å². The molecule has 1 amide bonds. The zero-order chi connectivity index (χ0) is 19.5. The maximum Gasteiger partial charge on any atom is 0.307 e. The van der Waals surface area contributed by atoms with E-state index in [1.165, 1.54) is 11.1 Å². The molecule has 4 rings (SSSR count). The Morgan fingerprint density at radius 2 is 1.55 bits per heavy atom. The van der Waals surface area contributed by atoms with Crippen molar-refractivity contribution in [1.82, 2.24) is 4.90 Å². The van der Waals surface area contributed by atoms with Crippen LogP contribution in [0.3, 0.4) is 0 Å². The Labute approximate surface area is 177 Å². The summed E-state index contributed by atoms with van der Waals surface area (Å²) < 4.78 is 0. The maximum atomic E-state index is 13.3. The van der Waals surface area contributed by atoms with Crippen LogP contribution in [0.1, 0.15) is 30.4 Å². The second-order valence-corrected chi connectivity index (χ2v) is 7.71. The summed E-state index contributed by atoms with van der Waals surface area (Å²) >= 11 is 0. The lowest BCUT2D eigenvalue weighted by Crippen LogP contribution is -2.40. The third kappa shape index (κ3) is 4.62. The first-order chi connectivity index (χ1) is 13.6. The van der Waals surface area contributed by atoms with Crippen LogP contribution in [0, 0.1) is 5.92 Å². The van der Waals surface area contributed by atoms with Gasteiger partial charge in [0.25, 0.3) is 0 Å². The molecule has 29 heavy (non-hydrogen) atoms. The van der Waals surface area contributed by atoms with Gasteiger partial charge in [-0.15, -0.1) is 12.4 Å². The molecule has 0 unspecified atom stereocenters. The van der Waals surface area contributed by atoms with Crippen LogP contribution in [0.15, 0.2) is 48.5 Å². The molecule has 2 aliphatic rings. The van der Waals surface area contributed by atoms with Gasteiger partial charge in [0.05, 0.1) is 17.3 Å². The molecule has 2 aromatic rings. The molecule has 0 spiro atoms. The number of rotatable bonds is 4. The smallest absolute Gasteiger partial charge is 0.307 e. The van der Waals surface area contributed by atoms with Gasteiger partial charge in [0.2, 0.25) is 5.91 Å². The summed E-state index contributed by atoms with van der Waals surface area (Å²) in [4.78, 5) is 28.6. The highest BCUT2D eigenvalue weighted by molar-refractivity contribution is 6.02. The van der Waals surface area contributed by atoms with E-state index in [1.807, 2.05) is 41.3 Å². The van der Waals surface area contributed by atoms with Crippen molar-refractivity contribution in [3.63, 3.8) is 0 Å². The molecule has 0 radical (unpaired) electrons. The summed E-state index contributed by atoms with van der Waals surface area (Å²) in [5, 5.41) is 9.29. The number of hydrogen-bond donors (Lipinski definition) is 1. The van der Waals surface area contributed by atoms with E-state index in [1.54, 1.807) is 0 Å². The summed E-state index contributed by atoms with van der Waals surface area (Å²) in [6.45, 7) is 2.00. The van der Waals surface area contributed by atoms with Gasteiger partial charge in [-0.25, -0.2) is 0 Å². The number of fused-ring (bicyclic) bond motifs is 2. The number of hydrogen-bond acceptors (Lipinski definition) is 3. The van der Waals surface area contributed by atoms with E-state index in [2.05, 4.69) is 17.0 Å². The summed E-state index contributed by atoms with van der Waals surface area (Å²) in [6.07, 6.45) is 3.83. The fraction of sp³-hybridized carbons (Fsp3) is 0.391. The van der Waals surface area contributed by atoms with Gasteiger partial charge in [0.15, 0.2) is 0 Å². The molecule has 1 saturated heterocycles. The number of benzene rings is 2. The molecule has 2 aliphatic heterocycles. The predicted octanol–water partition coefficient (Wildman–Crippen LogP) is 4.06. The van der Waals surface area contributed by atoms with E-state index < -0.39 is 5.97 Å². The number of carbonyl (C=O) groups is 2. The minimum absolute atomic E-state index is 0. The van der Waals surface area contributed by atoms with Crippen molar-refractivity contribution < 1.29 is 14.7 Å². The van der Waals surface area contributed by atoms with Crippen LogP contribution in [-0.2, 0) is 22.4 Å². The fourth-order valence-corrected chi connectivity index (χ4v) is 4.37. The monoisotopic (exact) mass is 414 g/mol. The third-order valence-electron chi connectivity index (χ3n) is 5.87. The normalized spacial score (nSPS) is 18.8. The Hall–Kier alpha value is -2.37. The average molecular weight is 415 g/mol. The number of anilines is 2. The van der Waals surface area contributed by atoms with Crippen molar-refractivity contribution in [3.05, 3.63) is 59.7 Å². The van der Waals surface area contributed by atoms with E-state index in [9.17, 15) is 14.7 Å². The summed E-state index contributed by atoms with van der Waals surface area (Å²) in [5.41, 5.74) is 4.32. The fourth-order valence-electron chi connectivity index (χ4n) is 4.37. The SMILES string of the molecule is Cl.O=C(O)[C@@H]1CCCN(CCC(=O)N2c3ccccc3CCc3ccccc32)C1. The van der Waals surface area contributed by atoms with Crippen LogP contribution in [0.5, 0.6) is 0 Å². The summed E-state index contributed by atoms with van der Waals surface area (Å²) in [5.74, 6) is -0.978. The van der Waals surface area contributed by atoms with E-state index in [0.717, 1.165) is 43.6 Å². The van der Waals surface area contributed by atoms with Gasteiger partial charge in [-0.2, -0.15) is 0 Å². The van der Waals surface area contributed by atoms with Crippen LogP contribution < -0.4 is 4.90 Å². The number of carboxylic acid groups (broad SMARTS) is 1. The van der Waals surface area contributed by atoms with Crippen LogP contribution in [0.25, 0.3) is 0 Å². The number of halogens is 1.